The van der Waals surface area contributed by atoms with Crippen LogP contribution in [0.4, 0.5) is 4.39 Å². The first-order valence-corrected chi connectivity index (χ1v) is 12.2. The normalized spacial score (nSPS) is 12.1. The monoisotopic (exact) mass is 530 g/mol. The highest BCUT2D eigenvalue weighted by Gasteiger charge is 2.32. The van der Waals surface area contributed by atoms with Gasteiger partial charge in [0.25, 0.3) is 5.91 Å². The molecule has 0 unspecified atom stereocenters. The topological polar surface area (TPSA) is 58.6 Å². The fourth-order valence-electron chi connectivity index (χ4n) is 3.60. The van der Waals surface area contributed by atoms with Crippen LogP contribution in [0.25, 0.3) is 0 Å². The largest absolute Gasteiger partial charge is 0.484 e. The number of hydrogen-bond donors (Lipinski definition) is 1. The molecule has 0 saturated carbocycles. The predicted molar refractivity (Wildman–Crippen MR) is 141 cm³/mol. The predicted octanol–water partition coefficient (Wildman–Crippen LogP) is 6.07. The van der Waals surface area contributed by atoms with Crippen LogP contribution in [0, 0.1) is 5.82 Å². The Morgan fingerprint density at radius 3 is 2.28 bits per heavy atom. The van der Waals surface area contributed by atoms with Crippen molar-refractivity contribution in [3.63, 3.8) is 0 Å². The van der Waals surface area contributed by atoms with Crippen LogP contribution in [0.1, 0.15) is 31.9 Å². The molecule has 3 aromatic carbocycles. The van der Waals surface area contributed by atoms with E-state index in [4.69, 9.17) is 27.9 Å². The van der Waals surface area contributed by atoms with Gasteiger partial charge in [-0.3, -0.25) is 9.59 Å². The molecule has 5 nitrogen and oxygen atoms in total. The summed E-state index contributed by atoms with van der Waals surface area (Å²) in [5.74, 6) is -0.788. The summed E-state index contributed by atoms with van der Waals surface area (Å²) in [4.78, 5) is 28.5. The summed E-state index contributed by atoms with van der Waals surface area (Å²) >= 11 is 12.5. The standard InChI is InChI=1S/C28H29Cl2FN2O3/c1-28(2,3)32-27(35)25(15-19-7-5-4-6-8-19)33(17-20-9-10-21(29)16-24(20)30)26(34)18-36-23-13-11-22(31)12-14-23/h4-14,16,25H,15,17-18H2,1-3H3,(H,32,35)/t25-/m0/s1. The van der Waals surface area contributed by atoms with Gasteiger partial charge in [0.1, 0.15) is 17.6 Å². The molecule has 1 N–H and O–H groups in total. The molecule has 0 aliphatic carbocycles. The second-order valence-electron chi connectivity index (χ2n) is 9.44. The van der Waals surface area contributed by atoms with Crippen molar-refractivity contribution < 1.29 is 18.7 Å². The fraction of sp³-hybridized carbons (Fsp3) is 0.286. The number of hydrogen-bond acceptors (Lipinski definition) is 3. The van der Waals surface area contributed by atoms with Crippen LogP contribution in [0.5, 0.6) is 5.75 Å². The van der Waals surface area contributed by atoms with E-state index in [1.54, 1.807) is 18.2 Å². The fourth-order valence-corrected chi connectivity index (χ4v) is 4.07. The van der Waals surface area contributed by atoms with E-state index in [0.717, 1.165) is 5.56 Å². The Kier molecular flexibility index (Phi) is 9.35. The quantitative estimate of drug-likeness (QED) is 0.365. The molecule has 0 aliphatic heterocycles. The summed E-state index contributed by atoms with van der Waals surface area (Å²) in [5, 5.41) is 3.84. The molecule has 0 spiro atoms. The smallest absolute Gasteiger partial charge is 0.261 e. The zero-order valence-electron chi connectivity index (χ0n) is 20.4. The number of ether oxygens (including phenoxy) is 1. The minimum absolute atomic E-state index is 0.0661. The van der Waals surface area contributed by atoms with Crippen molar-refractivity contribution in [3.05, 3.63) is 99.8 Å². The third-order valence-corrected chi connectivity index (χ3v) is 5.89. The lowest BCUT2D eigenvalue weighted by Gasteiger charge is -2.34. The Labute approximate surface area is 221 Å². The van der Waals surface area contributed by atoms with Crippen LogP contribution in [0.15, 0.2) is 72.8 Å². The van der Waals surface area contributed by atoms with E-state index >= 15 is 0 Å². The minimum atomic E-state index is -0.845. The zero-order valence-corrected chi connectivity index (χ0v) is 21.9. The second kappa shape index (κ2) is 12.2. The van der Waals surface area contributed by atoms with Crippen LogP contribution in [0.2, 0.25) is 10.0 Å². The van der Waals surface area contributed by atoms with Gasteiger partial charge in [-0.15, -0.1) is 0 Å². The summed E-state index contributed by atoms with van der Waals surface area (Å²) in [6.07, 6.45) is 0.288. The minimum Gasteiger partial charge on any atom is -0.484 e. The molecule has 0 heterocycles. The van der Waals surface area contributed by atoms with Crippen LogP contribution in [-0.4, -0.2) is 34.9 Å². The lowest BCUT2D eigenvalue weighted by atomic mass is 10.0. The van der Waals surface area contributed by atoms with Gasteiger partial charge in [-0.25, -0.2) is 4.39 Å². The number of benzene rings is 3. The number of carbonyl (C=O) groups excluding carboxylic acids is 2. The summed E-state index contributed by atoms with van der Waals surface area (Å²) in [6.45, 7) is 5.36. The lowest BCUT2D eigenvalue weighted by Crippen LogP contribution is -2.55. The van der Waals surface area contributed by atoms with E-state index in [0.29, 0.717) is 21.4 Å². The number of nitrogens with zero attached hydrogens (tertiary/aromatic N) is 1. The van der Waals surface area contributed by atoms with Gasteiger partial charge >= 0.3 is 0 Å². The van der Waals surface area contributed by atoms with Gasteiger partial charge in [-0.05, 0) is 68.3 Å². The van der Waals surface area contributed by atoms with Crippen molar-refractivity contribution in [1.29, 1.82) is 0 Å². The Hall–Kier alpha value is -3.09. The van der Waals surface area contributed by atoms with E-state index in [1.165, 1.54) is 29.2 Å². The van der Waals surface area contributed by atoms with Gasteiger partial charge in [0.2, 0.25) is 5.91 Å². The summed E-state index contributed by atoms with van der Waals surface area (Å²) in [5.41, 5.74) is 1.02. The molecule has 8 heteroatoms. The van der Waals surface area contributed by atoms with Crippen molar-refractivity contribution in [2.75, 3.05) is 6.61 Å². The van der Waals surface area contributed by atoms with E-state index in [1.807, 2.05) is 51.1 Å². The summed E-state index contributed by atoms with van der Waals surface area (Å²) < 4.78 is 18.9. The van der Waals surface area contributed by atoms with Crippen LogP contribution < -0.4 is 10.1 Å². The van der Waals surface area contributed by atoms with Crippen molar-refractivity contribution in [2.24, 2.45) is 0 Å². The molecular formula is C28H29Cl2FN2O3. The molecular weight excluding hydrogens is 502 g/mol. The second-order valence-corrected chi connectivity index (χ2v) is 10.3. The van der Waals surface area contributed by atoms with E-state index < -0.39 is 23.3 Å². The molecule has 0 aliphatic rings. The number of amides is 2. The maximum Gasteiger partial charge on any atom is 0.261 e. The SMILES string of the molecule is CC(C)(C)NC(=O)[C@H](Cc1ccccc1)N(Cc1ccc(Cl)cc1Cl)C(=O)COc1ccc(F)cc1. The first-order valence-electron chi connectivity index (χ1n) is 11.5. The van der Waals surface area contributed by atoms with Crippen LogP contribution >= 0.6 is 23.2 Å². The maximum atomic E-state index is 13.5. The zero-order chi connectivity index (χ0) is 26.3. The van der Waals surface area contributed by atoms with Gasteiger partial charge in [0.15, 0.2) is 6.61 Å². The van der Waals surface area contributed by atoms with Crippen molar-refractivity contribution in [3.8, 4) is 5.75 Å². The van der Waals surface area contributed by atoms with Gasteiger partial charge in [0.05, 0.1) is 0 Å². The summed E-state index contributed by atoms with van der Waals surface area (Å²) in [6, 6.07) is 19.0. The van der Waals surface area contributed by atoms with Crippen LogP contribution in [-0.2, 0) is 22.6 Å². The molecule has 0 fully saturated rings. The first-order chi connectivity index (χ1) is 17.0. The third kappa shape index (κ3) is 8.25. The molecule has 190 valence electrons. The van der Waals surface area contributed by atoms with E-state index in [9.17, 15) is 14.0 Å². The number of halogens is 3. The van der Waals surface area contributed by atoms with Gasteiger partial charge in [-0.2, -0.15) is 0 Å². The van der Waals surface area contributed by atoms with Crippen LogP contribution in [0.3, 0.4) is 0 Å². The van der Waals surface area contributed by atoms with E-state index in [2.05, 4.69) is 5.32 Å². The van der Waals surface area contributed by atoms with Gasteiger partial charge < -0.3 is 15.0 Å². The molecule has 36 heavy (non-hydrogen) atoms. The Morgan fingerprint density at radius 1 is 1.00 bits per heavy atom. The van der Waals surface area contributed by atoms with Gasteiger partial charge in [0, 0.05) is 28.5 Å². The Morgan fingerprint density at radius 2 is 1.67 bits per heavy atom. The van der Waals surface area contributed by atoms with Crippen molar-refractivity contribution in [2.45, 2.75) is 45.3 Å². The highest BCUT2D eigenvalue weighted by molar-refractivity contribution is 6.35. The average Bonchev–Trinajstić information content (AvgIpc) is 2.81. The lowest BCUT2D eigenvalue weighted by molar-refractivity contribution is -0.143. The highest BCUT2D eigenvalue weighted by atomic mass is 35.5. The summed E-state index contributed by atoms with van der Waals surface area (Å²) in [7, 11) is 0. The molecule has 0 radical (unpaired) electrons. The number of rotatable bonds is 9. The molecule has 3 aromatic rings. The highest BCUT2D eigenvalue weighted by Crippen LogP contribution is 2.24. The van der Waals surface area contributed by atoms with Crippen molar-refractivity contribution in [1.82, 2.24) is 10.2 Å². The molecule has 1 atom stereocenters. The van der Waals surface area contributed by atoms with Gasteiger partial charge in [-0.1, -0.05) is 59.6 Å². The average molecular weight is 531 g/mol. The first kappa shape index (κ1) is 27.5. The maximum absolute atomic E-state index is 13.5. The number of nitrogens with one attached hydrogen (secondary N) is 1. The van der Waals surface area contributed by atoms with E-state index in [-0.39, 0.29) is 25.5 Å². The molecule has 0 aromatic heterocycles. The van der Waals surface area contributed by atoms with Crippen molar-refractivity contribution >= 4 is 35.0 Å². The molecule has 0 bridgehead atoms. The molecule has 2 amide bonds. The molecule has 0 saturated heterocycles. The molecule has 3 rings (SSSR count). The third-order valence-electron chi connectivity index (χ3n) is 5.30. The number of carbonyl (C=O) groups is 2. The Bertz CT molecular complexity index is 1180. The Balaban J connectivity index is 1.95.